The number of hydrogen-bond donors (Lipinski definition) is 1. The van der Waals surface area contributed by atoms with Gasteiger partial charge in [0.05, 0.1) is 71.1 Å². The van der Waals surface area contributed by atoms with Crippen LogP contribution in [0.25, 0.3) is 5.00 Å². The average molecular weight is 748 g/mol. The molecule has 1 N–H and O–H groups in total. The Kier molecular flexibility index (Phi) is 16.0. The second-order valence-electron chi connectivity index (χ2n) is 13.6. The summed E-state index contributed by atoms with van der Waals surface area (Å²) in [6, 6.07) is 7.13. The summed E-state index contributed by atoms with van der Waals surface area (Å²) in [6.07, 6.45) is 0.772. The first-order chi connectivity index (χ1) is 24.5. The zero-order valence-electron chi connectivity index (χ0n) is 31.1. The van der Waals surface area contributed by atoms with Crippen LogP contribution in [0.5, 0.6) is 0 Å². The van der Waals surface area contributed by atoms with E-state index in [-0.39, 0.29) is 12.5 Å². The van der Waals surface area contributed by atoms with E-state index in [0.717, 1.165) is 39.6 Å². The fourth-order valence-corrected chi connectivity index (χ4v) is 7.24. The molecule has 1 aliphatic rings. The third-order valence-electron chi connectivity index (χ3n) is 8.70. The van der Waals surface area contributed by atoms with Gasteiger partial charge in [0, 0.05) is 47.8 Å². The maximum absolute atomic E-state index is 14.4. The predicted octanol–water partition coefficient (Wildman–Crippen LogP) is 5.39. The number of nitrogens with zero attached hydrogens (tertiary/aromatic N) is 5. The number of rotatable bonds is 21. The highest BCUT2D eigenvalue weighted by Gasteiger charge is 2.45. The summed E-state index contributed by atoms with van der Waals surface area (Å²) in [5.41, 5.74) is 3.48. The summed E-state index contributed by atoms with van der Waals surface area (Å²) in [7, 11) is 1.82. The fourth-order valence-electron chi connectivity index (χ4n) is 5.90. The number of likely N-dealkylation sites (N-methyl/N-ethyl adjacent to an activating group) is 1. The minimum atomic E-state index is -0.589. The van der Waals surface area contributed by atoms with Gasteiger partial charge in [-0.3, -0.25) is 14.4 Å². The number of aryl methyl sites for hydroxylation is 2. The van der Waals surface area contributed by atoms with Gasteiger partial charge in [0.15, 0.2) is 5.82 Å². The van der Waals surface area contributed by atoms with Gasteiger partial charge in [0.1, 0.15) is 16.9 Å². The number of fused-ring (bicyclic) bond motifs is 3. The van der Waals surface area contributed by atoms with Crippen molar-refractivity contribution >= 4 is 34.6 Å². The molecule has 0 saturated heterocycles. The summed E-state index contributed by atoms with van der Waals surface area (Å²) >= 11 is 7.99. The number of hydrogen-bond acceptors (Lipinski definition) is 11. The van der Waals surface area contributed by atoms with E-state index in [1.54, 1.807) is 16.2 Å². The van der Waals surface area contributed by atoms with Crippen LogP contribution in [0.4, 0.5) is 0 Å². The largest absolute Gasteiger partial charge is 0.394 e. The molecule has 12 nitrogen and oxygen atoms in total. The molecule has 2 aromatic heterocycles. The van der Waals surface area contributed by atoms with Gasteiger partial charge >= 0.3 is 0 Å². The van der Waals surface area contributed by atoms with Gasteiger partial charge in [-0.15, -0.1) is 21.5 Å². The number of benzene rings is 1. The Balaban J connectivity index is 1.34. The molecule has 3 heterocycles. The van der Waals surface area contributed by atoms with Gasteiger partial charge in [0.25, 0.3) is 0 Å². The Bertz CT molecular complexity index is 1570. The van der Waals surface area contributed by atoms with Gasteiger partial charge < -0.3 is 33.7 Å². The van der Waals surface area contributed by atoms with Crippen LogP contribution >= 0.6 is 22.9 Å². The summed E-state index contributed by atoms with van der Waals surface area (Å²) in [5, 5.41) is 19.5. The normalized spacial score (nSPS) is 14.9. The van der Waals surface area contributed by atoms with E-state index in [2.05, 4.69) is 49.4 Å². The van der Waals surface area contributed by atoms with E-state index in [9.17, 15) is 4.79 Å². The number of carbonyl (C=O) groups excluding carboxylic acids is 1. The van der Waals surface area contributed by atoms with E-state index in [4.69, 9.17) is 45.4 Å². The van der Waals surface area contributed by atoms with Crippen LogP contribution in [0.2, 0.25) is 5.02 Å². The summed E-state index contributed by atoms with van der Waals surface area (Å²) in [6.45, 7) is 17.6. The van der Waals surface area contributed by atoms with Crippen molar-refractivity contribution in [2.75, 3.05) is 86.3 Å². The number of aliphatic hydroxyl groups is 1. The monoisotopic (exact) mass is 747 g/mol. The topological polar surface area (TPSA) is 130 Å². The van der Waals surface area contributed by atoms with Gasteiger partial charge in [-0.1, -0.05) is 44.5 Å². The van der Waals surface area contributed by atoms with Crippen LogP contribution in [-0.2, 0) is 28.5 Å². The summed E-state index contributed by atoms with van der Waals surface area (Å²) in [4.78, 5) is 22.8. The van der Waals surface area contributed by atoms with Crippen molar-refractivity contribution in [1.82, 2.24) is 19.7 Å². The summed E-state index contributed by atoms with van der Waals surface area (Å²) in [5.74, 6) is 0.848. The molecule has 1 unspecified atom stereocenters. The van der Waals surface area contributed by atoms with E-state index < -0.39 is 17.4 Å². The second kappa shape index (κ2) is 19.9. The predicted molar refractivity (Wildman–Crippen MR) is 200 cm³/mol. The van der Waals surface area contributed by atoms with Crippen LogP contribution in [0.3, 0.4) is 0 Å². The smallest absolute Gasteiger partial charge is 0.228 e. The summed E-state index contributed by atoms with van der Waals surface area (Å²) < 4.78 is 29.7. The van der Waals surface area contributed by atoms with Gasteiger partial charge in [0.2, 0.25) is 5.91 Å². The highest BCUT2D eigenvalue weighted by Crippen LogP contribution is 2.45. The molecular weight excluding hydrogens is 694 g/mol. The van der Waals surface area contributed by atoms with Gasteiger partial charge in [-0.05, 0) is 50.3 Å². The quantitative estimate of drug-likeness (QED) is 0.143. The highest BCUT2D eigenvalue weighted by atomic mass is 35.5. The molecule has 1 aromatic carbocycles. The maximum Gasteiger partial charge on any atom is 0.228 e. The van der Waals surface area contributed by atoms with Crippen LogP contribution < -0.4 is 0 Å². The lowest BCUT2D eigenvalue weighted by molar-refractivity contribution is -0.139. The van der Waals surface area contributed by atoms with Crippen molar-refractivity contribution in [3.8, 4) is 5.00 Å². The van der Waals surface area contributed by atoms with Crippen molar-refractivity contribution in [3.63, 3.8) is 0 Å². The molecule has 0 saturated carbocycles. The number of aliphatic hydroxyl groups excluding tert-OH is 1. The number of aromatic nitrogens is 3. The average Bonchev–Trinajstić information content (AvgIpc) is 3.56. The van der Waals surface area contributed by atoms with E-state index >= 15 is 0 Å². The molecule has 3 aromatic rings. The third-order valence-corrected chi connectivity index (χ3v) is 10.1. The Morgan fingerprint density at radius 2 is 1.47 bits per heavy atom. The van der Waals surface area contributed by atoms with Crippen LogP contribution in [0, 0.1) is 32.1 Å². The van der Waals surface area contributed by atoms with Crippen molar-refractivity contribution in [3.05, 3.63) is 62.5 Å². The first kappa shape index (κ1) is 41.0. The molecule has 51 heavy (non-hydrogen) atoms. The zero-order chi connectivity index (χ0) is 37.0. The molecule has 2 atom stereocenters. The molecule has 1 amide bonds. The number of carbonyl (C=O) groups is 1. The van der Waals surface area contributed by atoms with E-state index in [1.165, 1.54) is 4.88 Å². The van der Waals surface area contributed by atoms with Crippen molar-refractivity contribution in [2.24, 2.45) is 16.3 Å². The van der Waals surface area contributed by atoms with E-state index in [0.29, 0.717) is 83.5 Å². The molecule has 282 valence electrons. The molecular formula is C37H54ClN5O7S. The van der Waals surface area contributed by atoms with Gasteiger partial charge in [-0.25, -0.2) is 0 Å². The molecule has 14 heteroatoms. The number of thiophene rings is 1. The second-order valence-corrected chi connectivity index (χ2v) is 15.2. The molecule has 4 rings (SSSR count). The van der Waals surface area contributed by atoms with Crippen molar-refractivity contribution < 1.29 is 33.6 Å². The van der Waals surface area contributed by atoms with Crippen molar-refractivity contribution in [2.45, 2.75) is 54.0 Å². The highest BCUT2D eigenvalue weighted by molar-refractivity contribution is 7.15. The molecule has 1 aliphatic heterocycles. The number of ether oxygens (including phenoxy) is 5. The van der Waals surface area contributed by atoms with Crippen molar-refractivity contribution in [1.29, 1.82) is 0 Å². The lowest BCUT2D eigenvalue weighted by Gasteiger charge is -2.36. The molecule has 0 spiro atoms. The first-order valence-corrected chi connectivity index (χ1v) is 18.8. The third kappa shape index (κ3) is 11.1. The molecule has 0 aliphatic carbocycles. The Hall–Kier alpha value is -2.75. The lowest BCUT2D eigenvalue weighted by atomic mass is 9.75. The van der Waals surface area contributed by atoms with Crippen LogP contribution in [0.15, 0.2) is 29.3 Å². The SMILES string of the molecule is Cc1sc2c(c1C)C(c1ccc(Cl)cc1)=N[C@@H](C(C(=O)N(C)CCOCCOCCCOCCOCCOCCO)C(C)(C)C)c1nnc(C)n1-2. The minimum absolute atomic E-state index is 0.0162. The molecule has 0 fully saturated rings. The standard InChI is InChI=1S/C37H54ClN5O7S/c1-25-26(2)51-36-30(25)32(28-9-11-29(38)12-10-28)39-33(34-41-40-27(3)43(34)36)31(37(4,5)6)35(45)42(7)13-17-48-21-19-46-15-8-16-47-20-23-50-24-22-49-18-14-44/h9-12,31,33,44H,8,13-24H2,1-7H3/t31?,33-/m0/s1. The van der Waals surface area contributed by atoms with Gasteiger partial charge in [-0.2, -0.15) is 0 Å². The Labute approximate surface area is 311 Å². The zero-order valence-corrected chi connectivity index (χ0v) is 32.6. The Morgan fingerprint density at radius 3 is 2.06 bits per heavy atom. The number of amides is 1. The van der Waals surface area contributed by atoms with E-state index in [1.807, 2.05) is 38.2 Å². The minimum Gasteiger partial charge on any atom is -0.394 e. The maximum atomic E-state index is 14.4. The van der Waals surface area contributed by atoms with Crippen LogP contribution in [0.1, 0.15) is 66.5 Å². The number of halogens is 1. The molecule has 0 radical (unpaired) electrons. The van der Waals surface area contributed by atoms with Crippen LogP contribution in [-0.4, -0.2) is 123 Å². The number of aliphatic imine (C=N–C) groups is 1. The fraction of sp³-hybridized carbons (Fsp3) is 0.622. The molecule has 0 bridgehead atoms. The lowest BCUT2D eigenvalue weighted by Crippen LogP contribution is -2.43. The first-order valence-electron chi connectivity index (χ1n) is 17.6. The Morgan fingerprint density at radius 1 is 0.902 bits per heavy atom.